The molecule has 1 aliphatic rings. The third kappa shape index (κ3) is 3.24. The van der Waals surface area contributed by atoms with Gasteiger partial charge in [-0.25, -0.2) is 9.78 Å². The topological polar surface area (TPSA) is 92.2 Å². The van der Waals surface area contributed by atoms with Gasteiger partial charge in [-0.15, -0.1) is 11.3 Å². The molecule has 0 bridgehead atoms. The molecule has 0 radical (unpaired) electrons. The van der Waals surface area contributed by atoms with Crippen molar-refractivity contribution in [3.8, 4) is 0 Å². The fourth-order valence-corrected chi connectivity index (χ4v) is 3.80. The Kier molecular flexibility index (Phi) is 4.38. The summed E-state index contributed by atoms with van der Waals surface area (Å²) in [6.45, 7) is 1.97. The van der Waals surface area contributed by atoms with Crippen molar-refractivity contribution in [2.24, 2.45) is 0 Å². The average molecular weight is 331 g/mol. The van der Waals surface area contributed by atoms with Crippen molar-refractivity contribution in [2.45, 2.75) is 39.2 Å². The molecule has 7 heteroatoms. The number of thiazole rings is 1. The third-order valence-electron chi connectivity index (χ3n) is 3.98. The molecule has 2 aromatic heterocycles. The van der Waals surface area contributed by atoms with Crippen LogP contribution in [0, 0.1) is 6.92 Å². The van der Waals surface area contributed by atoms with E-state index in [-0.39, 0.29) is 17.0 Å². The van der Waals surface area contributed by atoms with Gasteiger partial charge in [0.2, 0.25) is 0 Å². The van der Waals surface area contributed by atoms with Crippen LogP contribution in [0.4, 0.5) is 0 Å². The Bertz CT molecular complexity index is 746. The highest BCUT2D eigenvalue weighted by molar-refractivity contribution is 7.11. The number of aryl methyl sites for hydroxylation is 2. The largest absolute Gasteiger partial charge is 0.478 e. The van der Waals surface area contributed by atoms with Gasteiger partial charge in [-0.2, -0.15) is 0 Å². The van der Waals surface area contributed by atoms with Gasteiger partial charge < -0.3 is 10.4 Å². The molecule has 6 nitrogen and oxygen atoms in total. The quantitative estimate of drug-likeness (QED) is 0.897. The number of carboxylic acid groups (broad SMARTS) is 1. The molecule has 23 heavy (non-hydrogen) atoms. The van der Waals surface area contributed by atoms with Crippen molar-refractivity contribution < 1.29 is 14.7 Å². The first-order valence-corrected chi connectivity index (χ1v) is 8.31. The van der Waals surface area contributed by atoms with Crippen molar-refractivity contribution in [1.82, 2.24) is 15.3 Å². The van der Waals surface area contributed by atoms with E-state index < -0.39 is 5.97 Å². The Morgan fingerprint density at radius 1 is 1.26 bits per heavy atom. The highest BCUT2D eigenvalue weighted by Crippen LogP contribution is 2.26. The highest BCUT2D eigenvalue weighted by Gasteiger charge is 2.18. The van der Waals surface area contributed by atoms with E-state index in [1.165, 1.54) is 30.1 Å². The molecular weight excluding hydrogens is 314 g/mol. The Morgan fingerprint density at radius 3 is 2.74 bits per heavy atom. The van der Waals surface area contributed by atoms with Gasteiger partial charge in [-0.3, -0.25) is 9.78 Å². The van der Waals surface area contributed by atoms with Gasteiger partial charge in [0.25, 0.3) is 5.91 Å². The number of pyridine rings is 1. The summed E-state index contributed by atoms with van der Waals surface area (Å²) in [4.78, 5) is 33.1. The first-order valence-electron chi connectivity index (χ1n) is 7.50. The zero-order chi connectivity index (χ0) is 16.4. The molecule has 2 aromatic rings. The van der Waals surface area contributed by atoms with Crippen LogP contribution in [-0.2, 0) is 19.4 Å². The van der Waals surface area contributed by atoms with Crippen LogP contribution >= 0.6 is 11.3 Å². The van der Waals surface area contributed by atoms with Gasteiger partial charge >= 0.3 is 5.97 Å². The Morgan fingerprint density at radius 2 is 2.00 bits per heavy atom. The molecule has 0 saturated carbocycles. The maximum atomic E-state index is 12.3. The van der Waals surface area contributed by atoms with Crippen molar-refractivity contribution in [3.63, 3.8) is 0 Å². The van der Waals surface area contributed by atoms with Gasteiger partial charge in [0, 0.05) is 17.3 Å². The molecule has 2 N–H and O–H groups in total. The Balaban J connectivity index is 1.71. The number of amides is 1. The molecule has 0 aliphatic heterocycles. The van der Waals surface area contributed by atoms with Crippen molar-refractivity contribution >= 4 is 23.2 Å². The average Bonchev–Trinajstić information content (AvgIpc) is 2.95. The van der Waals surface area contributed by atoms with Crippen LogP contribution in [0.15, 0.2) is 12.4 Å². The van der Waals surface area contributed by atoms with Crippen molar-refractivity contribution in [2.75, 3.05) is 0 Å². The van der Waals surface area contributed by atoms with Crippen molar-refractivity contribution in [1.29, 1.82) is 0 Å². The fraction of sp³-hybridized carbons (Fsp3) is 0.375. The lowest BCUT2D eigenvalue weighted by molar-refractivity contribution is 0.0695. The van der Waals surface area contributed by atoms with Gasteiger partial charge in [0.15, 0.2) is 0 Å². The van der Waals surface area contributed by atoms with Crippen LogP contribution in [0.5, 0.6) is 0 Å². The molecule has 1 aliphatic carbocycles. The second kappa shape index (κ2) is 6.45. The van der Waals surface area contributed by atoms with E-state index in [0.717, 1.165) is 23.5 Å². The lowest BCUT2D eigenvalue weighted by Crippen LogP contribution is -2.24. The Labute approximate surface area is 137 Å². The number of nitrogens with one attached hydrogen (secondary N) is 1. The molecule has 120 valence electrons. The second-order valence-corrected chi connectivity index (χ2v) is 6.70. The molecular formula is C16H17N3O3S. The first-order chi connectivity index (χ1) is 11.1. The lowest BCUT2D eigenvalue weighted by atomic mass is 10.0. The molecule has 0 atom stereocenters. The van der Waals surface area contributed by atoms with Crippen LogP contribution < -0.4 is 5.32 Å². The summed E-state index contributed by atoms with van der Waals surface area (Å²) in [6.07, 6.45) is 7.12. The summed E-state index contributed by atoms with van der Waals surface area (Å²) in [7, 11) is 0. The molecule has 0 unspecified atom stereocenters. The second-order valence-electron chi connectivity index (χ2n) is 5.53. The zero-order valence-electron chi connectivity index (χ0n) is 12.8. The van der Waals surface area contributed by atoms with Gasteiger partial charge in [0.05, 0.1) is 23.4 Å². The number of nitrogens with zero attached hydrogens (tertiary/aromatic N) is 2. The minimum atomic E-state index is -1.09. The molecule has 0 saturated heterocycles. The van der Waals surface area contributed by atoms with E-state index >= 15 is 0 Å². The highest BCUT2D eigenvalue weighted by atomic mass is 32.1. The minimum Gasteiger partial charge on any atom is -0.478 e. The van der Waals surface area contributed by atoms with Crippen molar-refractivity contribution in [3.05, 3.63) is 44.7 Å². The summed E-state index contributed by atoms with van der Waals surface area (Å²) in [5.74, 6) is -1.41. The van der Waals surface area contributed by atoms with Gasteiger partial charge in [-0.05, 0) is 38.2 Å². The van der Waals surface area contributed by atoms with E-state index in [1.807, 2.05) is 0 Å². The summed E-state index contributed by atoms with van der Waals surface area (Å²) in [6, 6.07) is 0. The molecule has 3 rings (SSSR count). The molecule has 1 amide bonds. The normalized spacial score (nSPS) is 13.4. The van der Waals surface area contributed by atoms with Crippen LogP contribution in [0.1, 0.15) is 54.7 Å². The molecule has 0 fully saturated rings. The standard InChI is InChI=1S/C16H17N3O3S/c1-9-10(6-17-7-11(9)16(21)22)15(20)18-8-14-19-12-4-2-3-5-13(12)23-14/h6-7H,2-5,8H2,1H3,(H,18,20)(H,21,22). The van der Waals surface area contributed by atoms with Crippen LogP contribution in [0.3, 0.4) is 0 Å². The monoisotopic (exact) mass is 331 g/mol. The summed E-state index contributed by atoms with van der Waals surface area (Å²) < 4.78 is 0. The van der Waals surface area contributed by atoms with E-state index in [4.69, 9.17) is 5.11 Å². The van der Waals surface area contributed by atoms with E-state index in [0.29, 0.717) is 12.1 Å². The van der Waals surface area contributed by atoms with Gasteiger partial charge in [0.1, 0.15) is 5.01 Å². The summed E-state index contributed by atoms with van der Waals surface area (Å²) >= 11 is 1.65. The molecule has 0 spiro atoms. The number of hydrogen-bond acceptors (Lipinski definition) is 5. The lowest BCUT2D eigenvalue weighted by Gasteiger charge is -2.08. The molecule has 2 heterocycles. The van der Waals surface area contributed by atoms with Crippen LogP contribution in [-0.4, -0.2) is 27.0 Å². The zero-order valence-corrected chi connectivity index (χ0v) is 13.6. The number of carboxylic acids is 1. The third-order valence-corrected chi connectivity index (χ3v) is 5.14. The van der Waals surface area contributed by atoms with E-state index in [9.17, 15) is 9.59 Å². The maximum absolute atomic E-state index is 12.3. The minimum absolute atomic E-state index is 0.0439. The van der Waals surface area contributed by atoms with Gasteiger partial charge in [-0.1, -0.05) is 0 Å². The SMILES string of the molecule is Cc1c(C(=O)O)cncc1C(=O)NCc1nc2c(s1)CCCC2. The molecule has 0 aromatic carbocycles. The van der Waals surface area contributed by atoms with E-state index in [2.05, 4.69) is 15.3 Å². The predicted octanol–water partition coefficient (Wildman–Crippen LogP) is 2.35. The number of fused-ring (bicyclic) bond motifs is 1. The number of carbonyl (C=O) groups is 2. The van der Waals surface area contributed by atoms with Crippen LogP contribution in [0.2, 0.25) is 0 Å². The summed E-state index contributed by atoms with van der Waals surface area (Å²) in [5.41, 5.74) is 1.91. The maximum Gasteiger partial charge on any atom is 0.337 e. The first kappa shape index (κ1) is 15.6. The Hall–Kier alpha value is -2.28. The number of carbonyl (C=O) groups excluding carboxylic acids is 1. The van der Waals surface area contributed by atoms with E-state index in [1.54, 1.807) is 18.3 Å². The summed E-state index contributed by atoms with van der Waals surface area (Å²) in [5, 5.41) is 12.8. The number of aromatic nitrogens is 2. The number of hydrogen-bond donors (Lipinski definition) is 2. The fourth-order valence-electron chi connectivity index (χ4n) is 2.70. The smallest absolute Gasteiger partial charge is 0.337 e. The van der Waals surface area contributed by atoms with Crippen LogP contribution in [0.25, 0.3) is 0 Å². The predicted molar refractivity (Wildman–Crippen MR) is 85.9 cm³/mol. The number of aromatic carboxylic acids is 1. The number of rotatable bonds is 4.